The zero-order valence-electron chi connectivity index (χ0n) is 11.7. The van der Waals surface area contributed by atoms with Gasteiger partial charge in [0.2, 0.25) is 0 Å². The molecule has 0 saturated heterocycles. The molecule has 0 radical (unpaired) electrons. The van der Waals surface area contributed by atoms with Crippen LogP contribution in [-0.2, 0) is 0 Å². The van der Waals surface area contributed by atoms with E-state index in [-0.39, 0.29) is 5.91 Å². The summed E-state index contributed by atoms with van der Waals surface area (Å²) in [5, 5.41) is 2.90. The van der Waals surface area contributed by atoms with Crippen molar-refractivity contribution in [1.82, 2.24) is 10.3 Å². The summed E-state index contributed by atoms with van der Waals surface area (Å²) >= 11 is 3.11. The number of rotatable bonds is 6. The molecule has 0 bridgehead atoms. The fraction of sp³-hybridized carbons (Fsp3) is 0.571. The monoisotopic (exact) mass is 296 g/mol. The predicted molar refractivity (Wildman–Crippen MR) is 82.7 cm³/mol. The third-order valence-corrected chi connectivity index (χ3v) is 4.17. The fourth-order valence-electron chi connectivity index (χ4n) is 1.30. The summed E-state index contributed by atoms with van der Waals surface area (Å²) in [7, 11) is 0. The molecule has 0 aliphatic rings. The van der Waals surface area contributed by atoms with E-state index in [1.807, 2.05) is 0 Å². The van der Waals surface area contributed by atoms with Crippen LogP contribution >= 0.6 is 23.1 Å². The highest BCUT2D eigenvalue weighted by molar-refractivity contribution is 8.01. The number of carbonyl (C=O) groups is 1. The molecule has 19 heavy (non-hydrogen) atoms. The molecule has 0 atom stereocenters. The van der Waals surface area contributed by atoms with Gasteiger partial charge in [-0.1, -0.05) is 32.5 Å². The Hall–Kier alpha value is -0.990. The van der Waals surface area contributed by atoms with Crippen molar-refractivity contribution >= 4 is 29.0 Å². The van der Waals surface area contributed by atoms with Crippen molar-refractivity contribution in [2.45, 2.75) is 38.0 Å². The number of unbranched alkanes of at least 4 members (excludes halogenated alkanes) is 1. The molecule has 1 rings (SSSR count). The van der Waals surface area contributed by atoms with Crippen molar-refractivity contribution in [3.8, 4) is 11.8 Å². The van der Waals surface area contributed by atoms with Crippen molar-refractivity contribution in [3.05, 3.63) is 11.1 Å². The highest BCUT2D eigenvalue weighted by Gasteiger charge is 2.09. The number of nitrogens with one attached hydrogen (secondary N) is 1. The first-order valence-electron chi connectivity index (χ1n) is 6.48. The van der Waals surface area contributed by atoms with Crippen molar-refractivity contribution in [2.75, 3.05) is 12.3 Å². The Morgan fingerprint density at radius 1 is 1.58 bits per heavy atom. The van der Waals surface area contributed by atoms with Crippen LogP contribution in [0.1, 0.15) is 43.3 Å². The molecule has 1 amide bonds. The maximum absolute atomic E-state index is 11.8. The minimum Gasteiger partial charge on any atom is -0.351 e. The van der Waals surface area contributed by atoms with Gasteiger partial charge < -0.3 is 5.32 Å². The van der Waals surface area contributed by atoms with Gasteiger partial charge in [0.15, 0.2) is 4.34 Å². The minimum atomic E-state index is -0.0303. The first kappa shape index (κ1) is 16.1. The molecule has 0 spiro atoms. The second-order valence-electron chi connectivity index (χ2n) is 4.26. The molecular formula is C14H20N2OS2. The Kier molecular flexibility index (Phi) is 7.61. The Morgan fingerprint density at radius 3 is 3.05 bits per heavy atom. The number of hydrogen-bond donors (Lipinski definition) is 1. The highest BCUT2D eigenvalue weighted by Crippen LogP contribution is 2.23. The molecule has 0 aliphatic heterocycles. The van der Waals surface area contributed by atoms with E-state index in [9.17, 15) is 4.79 Å². The lowest BCUT2D eigenvalue weighted by Gasteiger charge is -2.00. The molecule has 5 heteroatoms. The Labute approximate surface area is 123 Å². The normalized spacial score (nSPS) is 10.1. The minimum absolute atomic E-state index is 0.0303. The molecular weight excluding hydrogens is 276 g/mol. The van der Waals surface area contributed by atoms with Gasteiger partial charge in [0.05, 0.1) is 6.20 Å². The Balaban J connectivity index is 2.25. The number of hydrogen-bond acceptors (Lipinski definition) is 4. The van der Waals surface area contributed by atoms with Gasteiger partial charge >= 0.3 is 0 Å². The van der Waals surface area contributed by atoms with Gasteiger partial charge in [0, 0.05) is 18.9 Å². The van der Waals surface area contributed by atoms with Gasteiger partial charge in [-0.25, -0.2) is 4.98 Å². The Morgan fingerprint density at radius 2 is 2.37 bits per heavy atom. The topological polar surface area (TPSA) is 42.0 Å². The van der Waals surface area contributed by atoms with Crippen molar-refractivity contribution < 1.29 is 4.79 Å². The van der Waals surface area contributed by atoms with Crippen molar-refractivity contribution in [2.24, 2.45) is 5.92 Å². The average molecular weight is 296 g/mol. The molecule has 0 aliphatic carbocycles. The summed E-state index contributed by atoms with van der Waals surface area (Å²) < 4.78 is 0.954. The van der Waals surface area contributed by atoms with Gasteiger partial charge in [-0.05, 0) is 12.2 Å². The Bertz CT molecular complexity index is 458. The van der Waals surface area contributed by atoms with Gasteiger partial charge in [0.1, 0.15) is 4.88 Å². The van der Waals surface area contributed by atoms with E-state index < -0.39 is 0 Å². The lowest BCUT2D eigenvalue weighted by Crippen LogP contribution is -2.23. The SMILES string of the molecule is CCSc1ncc(C(=O)NCCCC#CC(C)C)s1. The fourth-order valence-corrected chi connectivity index (χ4v) is 3.09. The highest BCUT2D eigenvalue weighted by atomic mass is 32.2. The van der Waals surface area contributed by atoms with Crippen LogP contribution in [0.25, 0.3) is 0 Å². The van der Waals surface area contributed by atoms with E-state index in [4.69, 9.17) is 0 Å². The van der Waals surface area contributed by atoms with Gasteiger partial charge in [-0.15, -0.1) is 23.2 Å². The van der Waals surface area contributed by atoms with Gasteiger partial charge in [0.25, 0.3) is 5.91 Å². The van der Waals surface area contributed by atoms with Crippen LogP contribution in [-0.4, -0.2) is 23.2 Å². The van der Waals surface area contributed by atoms with Gasteiger partial charge in [-0.2, -0.15) is 0 Å². The maximum Gasteiger partial charge on any atom is 0.263 e. The molecule has 1 heterocycles. The molecule has 0 aromatic carbocycles. The largest absolute Gasteiger partial charge is 0.351 e. The summed E-state index contributed by atoms with van der Waals surface area (Å²) in [6.07, 6.45) is 3.37. The van der Waals surface area contributed by atoms with E-state index in [1.165, 1.54) is 11.3 Å². The van der Waals surface area contributed by atoms with E-state index in [1.54, 1.807) is 18.0 Å². The van der Waals surface area contributed by atoms with Crippen LogP contribution in [0.4, 0.5) is 0 Å². The zero-order chi connectivity index (χ0) is 14.1. The van der Waals surface area contributed by atoms with Crippen LogP contribution < -0.4 is 5.32 Å². The smallest absolute Gasteiger partial charge is 0.263 e. The second-order valence-corrected chi connectivity index (χ2v) is 6.80. The number of thiazole rings is 1. The predicted octanol–water partition coefficient (Wildman–Crippen LogP) is 3.42. The third-order valence-electron chi connectivity index (χ3n) is 2.13. The van der Waals surface area contributed by atoms with Crippen LogP contribution in [0.15, 0.2) is 10.5 Å². The lowest BCUT2D eigenvalue weighted by atomic mass is 10.2. The van der Waals surface area contributed by atoms with E-state index in [0.29, 0.717) is 17.3 Å². The molecule has 0 fully saturated rings. The summed E-state index contributed by atoms with van der Waals surface area (Å²) in [4.78, 5) is 16.7. The van der Waals surface area contributed by atoms with Gasteiger partial charge in [-0.3, -0.25) is 4.79 Å². The summed E-state index contributed by atoms with van der Waals surface area (Å²) in [5.41, 5.74) is 0. The average Bonchev–Trinajstić information content (AvgIpc) is 2.82. The standard InChI is InChI=1S/C14H20N2OS2/c1-4-18-14-16-10-12(19-14)13(17)15-9-7-5-6-8-11(2)3/h10-11H,4-5,7,9H2,1-3H3,(H,15,17). The number of amides is 1. The van der Waals surface area contributed by atoms with Crippen molar-refractivity contribution in [1.29, 1.82) is 0 Å². The quantitative estimate of drug-likeness (QED) is 0.497. The molecule has 0 saturated carbocycles. The van der Waals surface area contributed by atoms with Crippen LogP contribution in [0.5, 0.6) is 0 Å². The third kappa shape index (κ3) is 6.65. The lowest BCUT2D eigenvalue weighted by molar-refractivity contribution is 0.0957. The zero-order valence-corrected chi connectivity index (χ0v) is 13.3. The molecule has 1 aromatic rings. The maximum atomic E-state index is 11.8. The number of nitrogens with zero attached hydrogens (tertiary/aromatic N) is 1. The van der Waals surface area contributed by atoms with E-state index in [2.05, 4.69) is 42.9 Å². The molecule has 1 aromatic heterocycles. The summed E-state index contributed by atoms with van der Waals surface area (Å²) in [6, 6.07) is 0. The molecule has 3 nitrogen and oxygen atoms in total. The van der Waals surface area contributed by atoms with Crippen LogP contribution in [0.3, 0.4) is 0 Å². The first-order valence-corrected chi connectivity index (χ1v) is 8.29. The number of thioether (sulfide) groups is 1. The molecule has 104 valence electrons. The van der Waals surface area contributed by atoms with E-state index >= 15 is 0 Å². The molecule has 0 unspecified atom stereocenters. The van der Waals surface area contributed by atoms with Crippen LogP contribution in [0.2, 0.25) is 0 Å². The number of carbonyl (C=O) groups excluding carboxylic acids is 1. The summed E-state index contributed by atoms with van der Waals surface area (Å²) in [6.45, 7) is 6.89. The second kappa shape index (κ2) is 9.00. The molecule has 1 N–H and O–H groups in total. The van der Waals surface area contributed by atoms with Crippen molar-refractivity contribution in [3.63, 3.8) is 0 Å². The van der Waals surface area contributed by atoms with Crippen LogP contribution in [0, 0.1) is 17.8 Å². The van der Waals surface area contributed by atoms with E-state index in [0.717, 1.165) is 22.9 Å². The summed E-state index contributed by atoms with van der Waals surface area (Å²) in [5.74, 6) is 7.58. The first-order chi connectivity index (χ1) is 9.13. The number of aromatic nitrogens is 1.